The number of nitrogens with one attached hydrogen (secondary N) is 2. The van der Waals surface area contributed by atoms with Crippen molar-refractivity contribution in [2.45, 2.75) is 32.6 Å². The van der Waals surface area contributed by atoms with Crippen molar-refractivity contribution in [1.82, 2.24) is 15.5 Å². The summed E-state index contributed by atoms with van der Waals surface area (Å²) >= 11 is 0. The predicted molar refractivity (Wildman–Crippen MR) is 104 cm³/mol. The van der Waals surface area contributed by atoms with Crippen LogP contribution in [0.3, 0.4) is 0 Å². The number of dihydropyridines is 1. The van der Waals surface area contributed by atoms with Gasteiger partial charge in [-0.2, -0.15) is 0 Å². The number of ether oxygens (including phenoxy) is 1. The molecule has 2 N–H and O–H groups in total. The summed E-state index contributed by atoms with van der Waals surface area (Å²) in [6, 6.07) is 8.43. The van der Waals surface area contributed by atoms with Crippen molar-refractivity contribution < 1.29 is 4.74 Å². The van der Waals surface area contributed by atoms with Gasteiger partial charge in [0.2, 0.25) is 0 Å². The molecule has 2 aliphatic heterocycles. The number of likely N-dealkylation sites (tertiary alicyclic amines) is 1. The molecule has 0 atom stereocenters. The van der Waals surface area contributed by atoms with E-state index in [9.17, 15) is 0 Å². The summed E-state index contributed by atoms with van der Waals surface area (Å²) in [6.45, 7) is 7.99. The van der Waals surface area contributed by atoms with Gasteiger partial charge in [-0.15, -0.1) is 0 Å². The zero-order chi connectivity index (χ0) is 17.3. The molecular weight excluding hydrogens is 310 g/mol. The zero-order valence-corrected chi connectivity index (χ0v) is 15.4. The Hall–Kier alpha value is -1.94. The molecule has 1 fully saturated rings. The summed E-state index contributed by atoms with van der Waals surface area (Å²) in [5.41, 5.74) is 2.74. The summed E-state index contributed by atoms with van der Waals surface area (Å²) in [5, 5.41) is 7.10. The van der Waals surface area contributed by atoms with Crippen LogP contribution in [0.1, 0.15) is 31.7 Å². The highest BCUT2D eigenvalue weighted by molar-refractivity contribution is 5.29. The van der Waals surface area contributed by atoms with Gasteiger partial charge in [0.15, 0.2) is 0 Å². The zero-order valence-electron chi connectivity index (χ0n) is 15.4. The van der Waals surface area contributed by atoms with Crippen LogP contribution in [-0.4, -0.2) is 44.2 Å². The van der Waals surface area contributed by atoms with Crippen LogP contribution >= 0.6 is 0 Å². The van der Waals surface area contributed by atoms with Crippen LogP contribution in [0.25, 0.3) is 0 Å². The minimum atomic E-state index is 0.720. The molecule has 1 saturated heterocycles. The number of piperidine rings is 1. The first-order chi connectivity index (χ1) is 12.3. The molecule has 4 nitrogen and oxygen atoms in total. The van der Waals surface area contributed by atoms with E-state index in [0.717, 1.165) is 38.4 Å². The summed E-state index contributed by atoms with van der Waals surface area (Å²) < 4.78 is 5.49. The van der Waals surface area contributed by atoms with Crippen molar-refractivity contribution in [1.29, 1.82) is 0 Å². The van der Waals surface area contributed by atoms with Crippen LogP contribution in [0.5, 0.6) is 5.75 Å². The Bertz CT molecular complexity index is 586. The lowest BCUT2D eigenvalue weighted by molar-refractivity contribution is 0.268. The number of rotatable bonds is 8. The van der Waals surface area contributed by atoms with E-state index in [2.05, 4.69) is 52.0 Å². The fourth-order valence-electron chi connectivity index (χ4n) is 3.42. The fourth-order valence-corrected chi connectivity index (χ4v) is 3.42. The van der Waals surface area contributed by atoms with E-state index < -0.39 is 0 Å². The molecular formula is C21H31N3O. The topological polar surface area (TPSA) is 36.5 Å². The summed E-state index contributed by atoms with van der Waals surface area (Å²) in [6.07, 6.45) is 9.66. The van der Waals surface area contributed by atoms with Crippen LogP contribution < -0.4 is 15.4 Å². The number of benzene rings is 1. The first-order valence-corrected chi connectivity index (χ1v) is 9.67. The van der Waals surface area contributed by atoms with Crippen molar-refractivity contribution >= 4 is 0 Å². The quantitative estimate of drug-likeness (QED) is 0.713. The lowest BCUT2D eigenvalue weighted by Gasteiger charge is -2.33. The molecule has 2 aliphatic rings. The third-order valence-electron chi connectivity index (χ3n) is 4.82. The molecule has 4 heteroatoms. The second-order valence-electron chi connectivity index (χ2n) is 6.74. The van der Waals surface area contributed by atoms with Crippen LogP contribution in [0.4, 0.5) is 0 Å². The van der Waals surface area contributed by atoms with E-state index >= 15 is 0 Å². The monoisotopic (exact) mass is 341 g/mol. The fraction of sp³-hybridized carbons (Fsp3) is 0.524. The standard InChI is InChI=1S/C21H31N3O/c1-2-25-20-8-6-18(7-9-20)10-12-22-17-19-11-13-23-21(16-19)24-14-4-3-5-15-24/h6-9,11,16,22-23H,2-5,10,12-15,17H2,1H3. The molecule has 0 unspecified atom stereocenters. The summed E-state index contributed by atoms with van der Waals surface area (Å²) in [7, 11) is 0. The van der Waals surface area contributed by atoms with E-state index in [-0.39, 0.29) is 0 Å². The maximum atomic E-state index is 5.49. The van der Waals surface area contributed by atoms with Crippen molar-refractivity contribution in [3.63, 3.8) is 0 Å². The van der Waals surface area contributed by atoms with Crippen LogP contribution in [0.2, 0.25) is 0 Å². The van der Waals surface area contributed by atoms with Crippen LogP contribution in [-0.2, 0) is 6.42 Å². The van der Waals surface area contributed by atoms with E-state index in [4.69, 9.17) is 4.74 Å². The van der Waals surface area contributed by atoms with Gasteiger partial charge in [0.05, 0.1) is 6.61 Å². The van der Waals surface area contributed by atoms with E-state index in [1.165, 1.54) is 49.3 Å². The molecule has 0 aliphatic carbocycles. The van der Waals surface area contributed by atoms with Gasteiger partial charge < -0.3 is 20.3 Å². The highest BCUT2D eigenvalue weighted by atomic mass is 16.5. The second kappa shape index (κ2) is 9.52. The summed E-state index contributed by atoms with van der Waals surface area (Å²) in [5.74, 6) is 2.26. The van der Waals surface area contributed by atoms with Gasteiger partial charge >= 0.3 is 0 Å². The van der Waals surface area contributed by atoms with E-state index in [0.29, 0.717) is 0 Å². The largest absolute Gasteiger partial charge is 0.494 e. The Kier molecular flexibility index (Phi) is 6.80. The van der Waals surface area contributed by atoms with Crippen LogP contribution in [0, 0.1) is 0 Å². The van der Waals surface area contributed by atoms with E-state index in [1.807, 2.05) is 6.92 Å². The average molecular weight is 341 g/mol. The molecule has 1 aromatic carbocycles. The van der Waals surface area contributed by atoms with Crippen molar-refractivity contribution in [3.8, 4) is 5.75 Å². The van der Waals surface area contributed by atoms with Gasteiger partial charge in [0.1, 0.15) is 11.6 Å². The Labute approximate surface area is 151 Å². The number of hydrogen-bond acceptors (Lipinski definition) is 4. The van der Waals surface area contributed by atoms with Crippen molar-refractivity contribution in [2.75, 3.05) is 39.3 Å². The number of nitrogens with zero attached hydrogens (tertiary/aromatic N) is 1. The summed E-state index contributed by atoms with van der Waals surface area (Å²) in [4.78, 5) is 2.50. The van der Waals surface area contributed by atoms with Gasteiger partial charge in [-0.05, 0) is 68.5 Å². The van der Waals surface area contributed by atoms with Gasteiger partial charge in [-0.1, -0.05) is 18.2 Å². The van der Waals surface area contributed by atoms with Crippen molar-refractivity contribution in [3.05, 3.63) is 53.4 Å². The van der Waals surface area contributed by atoms with Crippen LogP contribution in [0.15, 0.2) is 47.8 Å². The highest BCUT2D eigenvalue weighted by Crippen LogP contribution is 2.16. The minimum Gasteiger partial charge on any atom is -0.494 e. The number of hydrogen-bond donors (Lipinski definition) is 2. The predicted octanol–water partition coefficient (Wildman–Crippen LogP) is 3.07. The maximum absolute atomic E-state index is 5.49. The molecule has 0 saturated carbocycles. The molecule has 2 heterocycles. The average Bonchev–Trinajstić information content (AvgIpc) is 2.68. The molecule has 0 radical (unpaired) electrons. The first-order valence-electron chi connectivity index (χ1n) is 9.67. The Morgan fingerprint density at radius 2 is 1.92 bits per heavy atom. The SMILES string of the molecule is CCOc1ccc(CCNCC2=CCNC(N3CCCCC3)=C2)cc1. The Morgan fingerprint density at radius 3 is 2.68 bits per heavy atom. The van der Waals surface area contributed by atoms with Gasteiger partial charge in [0, 0.05) is 26.2 Å². The molecule has 3 rings (SSSR count). The minimum absolute atomic E-state index is 0.720. The van der Waals surface area contributed by atoms with Crippen molar-refractivity contribution in [2.24, 2.45) is 0 Å². The first kappa shape index (κ1) is 17.9. The normalized spacial score (nSPS) is 17.6. The molecule has 0 aromatic heterocycles. The Balaban J connectivity index is 1.40. The lowest BCUT2D eigenvalue weighted by atomic mass is 10.1. The van der Waals surface area contributed by atoms with E-state index in [1.54, 1.807) is 0 Å². The molecule has 0 bridgehead atoms. The van der Waals surface area contributed by atoms with Gasteiger partial charge in [0.25, 0.3) is 0 Å². The Morgan fingerprint density at radius 1 is 1.12 bits per heavy atom. The molecule has 1 aromatic rings. The lowest BCUT2D eigenvalue weighted by Crippen LogP contribution is -2.37. The van der Waals surface area contributed by atoms with Gasteiger partial charge in [-0.3, -0.25) is 0 Å². The molecule has 136 valence electrons. The third kappa shape index (κ3) is 5.53. The third-order valence-corrected chi connectivity index (χ3v) is 4.82. The molecule has 25 heavy (non-hydrogen) atoms. The smallest absolute Gasteiger partial charge is 0.119 e. The highest BCUT2D eigenvalue weighted by Gasteiger charge is 2.15. The van der Waals surface area contributed by atoms with Gasteiger partial charge in [-0.25, -0.2) is 0 Å². The maximum Gasteiger partial charge on any atom is 0.119 e. The second-order valence-corrected chi connectivity index (χ2v) is 6.74. The molecule has 0 spiro atoms. The molecule has 0 amide bonds.